The monoisotopic (exact) mass is 469 g/mol. The molecule has 0 fully saturated rings. The van der Waals surface area contributed by atoms with Crippen molar-refractivity contribution in [1.82, 2.24) is 0 Å². The number of esters is 1. The lowest BCUT2D eigenvalue weighted by molar-refractivity contribution is 0.0378. The first-order valence-corrected chi connectivity index (χ1v) is 11.8. The zero-order valence-electron chi connectivity index (χ0n) is 18.9. The van der Waals surface area contributed by atoms with Crippen molar-refractivity contribution in [2.24, 2.45) is 0 Å². The minimum Gasteiger partial charge on any atom is -0.497 e. The first-order valence-electron chi connectivity index (χ1n) is 11.0. The molecule has 4 rings (SSSR count). The van der Waals surface area contributed by atoms with Crippen LogP contribution in [0.3, 0.4) is 0 Å². The van der Waals surface area contributed by atoms with Gasteiger partial charge < -0.3 is 23.9 Å². The van der Waals surface area contributed by atoms with Crippen molar-refractivity contribution < 1.29 is 28.2 Å². The lowest BCUT2D eigenvalue weighted by atomic mass is 9.95. The summed E-state index contributed by atoms with van der Waals surface area (Å²) < 4.78 is 22.0. The van der Waals surface area contributed by atoms with Crippen molar-refractivity contribution in [2.45, 2.75) is 52.2 Å². The standard InChI is InChI=1S/C25H27NO6S/c1-15(2)31-25(28)22-19-9-4-5-10-21(19)33-24(22)26-23(27)20-12-11-18(32-20)14-30-17-8-6-7-16(13-17)29-3/h6-8,11-13,15H,4-5,9-10,14H2,1-3H3,(H,26,27). The van der Waals surface area contributed by atoms with Crippen molar-refractivity contribution in [1.29, 1.82) is 0 Å². The number of amides is 1. The number of carbonyl (C=O) groups excluding carboxylic acids is 2. The quantitative estimate of drug-likeness (QED) is 0.431. The van der Waals surface area contributed by atoms with E-state index < -0.39 is 11.9 Å². The maximum Gasteiger partial charge on any atom is 0.341 e. The predicted molar refractivity (Wildman–Crippen MR) is 125 cm³/mol. The number of nitrogens with one attached hydrogen (secondary N) is 1. The highest BCUT2D eigenvalue weighted by molar-refractivity contribution is 7.17. The summed E-state index contributed by atoms with van der Waals surface area (Å²) >= 11 is 1.45. The Morgan fingerprint density at radius 3 is 2.70 bits per heavy atom. The summed E-state index contributed by atoms with van der Waals surface area (Å²) in [6.07, 6.45) is 3.58. The molecule has 2 aromatic heterocycles. The van der Waals surface area contributed by atoms with Gasteiger partial charge in [-0.05, 0) is 69.4 Å². The molecule has 0 radical (unpaired) electrons. The van der Waals surface area contributed by atoms with Crippen molar-refractivity contribution >= 4 is 28.2 Å². The Hall–Kier alpha value is -3.26. The number of thiophene rings is 1. The van der Waals surface area contributed by atoms with E-state index in [-0.39, 0.29) is 18.5 Å². The van der Waals surface area contributed by atoms with E-state index in [0.29, 0.717) is 27.8 Å². The van der Waals surface area contributed by atoms with Crippen molar-refractivity contribution in [3.8, 4) is 11.5 Å². The van der Waals surface area contributed by atoms with Crippen LogP contribution in [-0.2, 0) is 24.2 Å². The number of ether oxygens (including phenoxy) is 3. The van der Waals surface area contributed by atoms with Gasteiger partial charge in [0.1, 0.15) is 28.9 Å². The molecule has 0 atom stereocenters. The molecule has 33 heavy (non-hydrogen) atoms. The van der Waals surface area contributed by atoms with E-state index in [1.165, 1.54) is 11.3 Å². The van der Waals surface area contributed by atoms with E-state index in [2.05, 4.69) is 5.32 Å². The smallest absolute Gasteiger partial charge is 0.341 e. The number of hydrogen-bond acceptors (Lipinski definition) is 7. The van der Waals surface area contributed by atoms with Gasteiger partial charge in [-0.2, -0.15) is 0 Å². The van der Waals surface area contributed by atoms with Crippen molar-refractivity contribution in [3.05, 3.63) is 63.9 Å². The molecular weight excluding hydrogens is 442 g/mol. The Morgan fingerprint density at radius 1 is 1.12 bits per heavy atom. The lowest BCUT2D eigenvalue weighted by Crippen LogP contribution is -2.17. The van der Waals surface area contributed by atoms with Crippen LogP contribution in [0.2, 0.25) is 0 Å². The molecule has 1 aliphatic rings. The van der Waals surface area contributed by atoms with E-state index in [9.17, 15) is 9.59 Å². The Bertz CT molecular complexity index is 1150. The van der Waals surface area contributed by atoms with Crippen LogP contribution in [0, 0.1) is 0 Å². The van der Waals surface area contributed by atoms with Crippen LogP contribution in [-0.4, -0.2) is 25.1 Å². The minimum atomic E-state index is -0.417. The number of hydrogen-bond donors (Lipinski definition) is 1. The molecule has 1 N–H and O–H groups in total. The summed E-state index contributed by atoms with van der Waals surface area (Å²) in [5.74, 6) is 1.17. The molecule has 0 unspecified atom stereocenters. The first kappa shape index (κ1) is 22.9. The number of benzene rings is 1. The molecule has 0 saturated heterocycles. The summed E-state index contributed by atoms with van der Waals surface area (Å²) in [4.78, 5) is 26.8. The number of carbonyl (C=O) groups is 2. The number of anilines is 1. The van der Waals surface area contributed by atoms with Crippen LogP contribution >= 0.6 is 11.3 Å². The molecule has 3 aromatic rings. The second-order valence-electron chi connectivity index (χ2n) is 8.06. The number of fused-ring (bicyclic) bond motifs is 1. The largest absolute Gasteiger partial charge is 0.497 e. The van der Waals surface area contributed by atoms with E-state index in [0.717, 1.165) is 36.1 Å². The third-order valence-electron chi connectivity index (χ3n) is 5.25. The van der Waals surface area contributed by atoms with Crippen LogP contribution in [0.15, 0.2) is 40.8 Å². The second kappa shape index (κ2) is 10.1. The van der Waals surface area contributed by atoms with Gasteiger partial charge in [-0.15, -0.1) is 11.3 Å². The molecule has 1 amide bonds. The highest BCUT2D eigenvalue weighted by atomic mass is 32.1. The summed E-state index contributed by atoms with van der Waals surface area (Å²) in [6, 6.07) is 10.5. The zero-order chi connectivity index (χ0) is 23.4. The maximum atomic E-state index is 12.9. The van der Waals surface area contributed by atoms with Crippen LogP contribution in [0.5, 0.6) is 11.5 Å². The van der Waals surface area contributed by atoms with Gasteiger partial charge in [0.25, 0.3) is 5.91 Å². The normalized spacial score (nSPS) is 12.8. The molecule has 7 nitrogen and oxygen atoms in total. The third-order valence-corrected chi connectivity index (χ3v) is 6.46. The molecule has 8 heteroatoms. The van der Waals surface area contributed by atoms with Gasteiger partial charge in [-0.3, -0.25) is 4.79 Å². The maximum absolute atomic E-state index is 12.9. The Morgan fingerprint density at radius 2 is 1.91 bits per heavy atom. The number of rotatable bonds is 8. The molecule has 0 aliphatic heterocycles. The number of methoxy groups -OCH3 is 1. The van der Waals surface area contributed by atoms with Crippen LogP contribution in [0.4, 0.5) is 5.00 Å². The Kier molecular flexibility index (Phi) is 7.03. The molecule has 0 spiro atoms. The van der Waals surface area contributed by atoms with Crippen LogP contribution < -0.4 is 14.8 Å². The summed E-state index contributed by atoms with van der Waals surface area (Å²) in [7, 11) is 1.59. The summed E-state index contributed by atoms with van der Waals surface area (Å²) in [6.45, 7) is 3.79. The SMILES string of the molecule is COc1cccc(OCc2ccc(C(=O)Nc3sc4c(c3C(=O)OC(C)C)CCCC4)o2)c1. The lowest BCUT2D eigenvalue weighted by Gasteiger charge is -2.14. The zero-order valence-corrected chi connectivity index (χ0v) is 19.8. The van der Waals surface area contributed by atoms with Gasteiger partial charge in [-0.25, -0.2) is 4.79 Å². The first-order chi connectivity index (χ1) is 15.9. The van der Waals surface area contributed by atoms with E-state index in [1.54, 1.807) is 25.3 Å². The second-order valence-corrected chi connectivity index (χ2v) is 9.16. The van der Waals surface area contributed by atoms with Gasteiger partial charge >= 0.3 is 5.97 Å². The van der Waals surface area contributed by atoms with E-state index in [1.807, 2.05) is 32.0 Å². The molecule has 1 aromatic carbocycles. The minimum absolute atomic E-state index is 0.147. The van der Waals surface area contributed by atoms with Gasteiger partial charge in [0.15, 0.2) is 5.76 Å². The van der Waals surface area contributed by atoms with Gasteiger partial charge in [0.2, 0.25) is 0 Å². The van der Waals surface area contributed by atoms with Crippen molar-refractivity contribution in [3.63, 3.8) is 0 Å². The molecule has 174 valence electrons. The van der Waals surface area contributed by atoms with Crippen molar-refractivity contribution in [2.75, 3.05) is 12.4 Å². The van der Waals surface area contributed by atoms with Gasteiger partial charge in [-0.1, -0.05) is 6.07 Å². The topological polar surface area (TPSA) is 87.0 Å². The number of furan rings is 1. The highest BCUT2D eigenvalue weighted by Crippen LogP contribution is 2.39. The fourth-order valence-corrected chi connectivity index (χ4v) is 5.00. The third kappa shape index (κ3) is 5.39. The Labute approximate surface area is 196 Å². The van der Waals surface area contributed by atoms with Gasteiger partial charge in [0, 0.05) is 10.9 Å². The average Bonchev–Trinajstić information content (AvgIpc) is 3.42. The molecule has 2 heterocycles. The molecule has 1 aliphatic carbocycles. The van der Waals surface area contributed by atoms with E-state index >= 15 is 0 Å². The highest BCUT2D eigenvalue weighted by Gasteiger charge is 2.28. The molecular formula is C25H27NO6S. The average molecular weight is 470 g/mol. The number of aryl methyl sites for hydroxylation is 1. The van der Waals surface area contributed by atoms with Crippen LogP contribution in [0.25, 0.3) is 0 Å². The summed E-state index contributed by atoms with van der Waals surface area (Å²) in [5.41, 5.74) is 1.48. The fraction of sp³-hybridized carbons (Fsp3) is 0.360. The molecule has 0 saturated carbocycles. The van der Waals surface area contributed by atoms with Crippen LogP contribution in [0.1, 0.15) is 63.8 Å². The molecule has 0 bridgehead atoms. The van der Waals surface area contributed by atoms with Gasteiger partial charge in [0.05, 0.1) is 18.8 Å². The fourth-order valence-electron chi connectivity index (χ4n) is 3.73. The predicted octanol–water partition coefficient (Wildman–Crippen LogP) is 5.63. The Balaban J connectivity index is 1.47. The summed E-state index contributed by atoms with van der Waals surface area (Å²) in [5, 5.41) is 3.38. The van der Waals surface area contributed by atoms with E-state index in [4.69, 9.17) is 18.6 Å².